The van der Waals surface area contributed by atoms with Crippen LogP contribution in [0.4, 0.5) is 4.39 Å². The normalized spacial score (nSPS) is 18.8. The van der Waals surface area contributed by atoms with Gasteiger partial charge in [0, 0.05) is 28.9 Å². The Kier molecular flexibility index (Phi) is 7.07. The second kappa shape index (κ2) is 9.84. The van der Waals surface area contributed by atoms with Crippen molar-refractivity contribution in [2.24, 2.45) is 5.92 Å². The number of hydrogen-bond donors (Lipinski definition) is 0. The van der Waals surface area contributed by atoms with E-state index in [4.69, 9.17) is 4.74 Å². The van der Waals surface area contributed by atoms with Gasteiger partial charge in [0.2, 0.25) is 11.8 Å². The molecule has 1 aromatic heterocycles. The van der Waals surface area contributed by atoms with Crippen LogP contribution in [0.25, 0.3) is 0 Å². The van der Waals surface area contributed by atoms with Crippen molar-refractivity contribution >= 4 is 23.2 Å². The largest absolute Gasteiger partial charge is 0.491 e. The van der Waals surface area contributed by atoms with E-state index in [9.17, 15) is 14.0 Å². The molecule has 2 heterocycles. The number of ether oxygens (including phenoxy) is 1. The van der Waals surface area contributed by atoms with Crippen LogP contribution in [-0.4, -0.2) is 46.8 Å². The van der Waals surface area contributed by atoms with Crippen molar-refractivity contribution < 1.29 is 18.7 Å². The van der Waals surface area contributed by atoms with Crippen LogP contribution in [0, 0.1) is 11.7 Å². The molecule has 0 N–H and O–H groups in total. The van der Waals surface area contributed by atoms with Crippen LogP contribution in [0.5, 0.6) is 5.75 Å². The number of fused-ring (bicyclic) bond motifs is 1. The van der Waals surface area contributed by atoms with Gasteiger partial charge < -0.3 is 14.5 Å². The van der Waals surface area contributed by atoms with Gasteiger partial charge >= 0.3 is 0 Å². The summed E-state index contributed by atoms with van der Waals surface area (Å²) in [5.74, 6) is 0.132. The molecule has 1 saturated carbocycles. The molecule has 0 unspecified atom stereocenters. The van der Waals surface area contributed by atoms with Crippen molar-refractivity contribution in [2.75, 3.05) is 19.7 Å². The molecule has 2 aliphatic rings. The minimum atomic E-state index is -0.438. The maximum absolute atomic E-state index is 13.6. The zero-order valence-electron chi connectivity index (χ0n) is 19.7. The van der Waals surface area contributed by atoms with Crippen molar-refractivity contribution in [3.8, 4) is 5.75 Å². The average molecular weight is 473 g/mol. The van der Waals surface area contributed by atoms with E-state index in [1.807, 2.05) is 37.1 Å². The zero-order chi connectivity index (χ0) is 23.6. The Morgan fingerprint density at radius 3 is 2.67 bits per heavy atom. The van der Waals surface area contributed by atoms with E-state index in [1.165, 1.54) is 17.0 Å². The standard InChI is InChI=1S/C26H33FN2O3S/c1-26(2,3)29(25(31)18-7-4-5-8-18)16-24(30)28-13-11-23-21(12-14-33-23)22(28)17-32-20-10-6-9-19(27)15-20/h6,9-10,12,14-15,18,22H,4-5,7-8,11,13,16-17H2,1-3H3/t22-/m0/s1. The lowest BCUT2D eigenvalue weighted by Gasteiger charge is -2.41. The van der Waals surface area contributed by atoms with E-state index in [0.717, 1.165) is 37.7 Å². The van der Waals surface area contributed by atoms with Gasteiger partial charge in [0.15, 0.2) is 0 Å². The molecule has 0 spiro atoms. The van der Waals surface area contributed by atoms with E-state index in [0.29, 0.717) is 12.3 Å². The molecule has 0 bridgehead atoms. The van der Waals surface area contributed by atoms with Crippen molar-refractivity contribution in [1.29, 1.82) is 0 Å². The number of amides is 2. The van der Waals surface area contributed by atoms with Crippen LogP contribution in [0.2, 0.25) is 0 Å². The van der Waals surface area contributed by atoms with Crippen LogP contribution in [0.1, 0.15) is 62.9 Å². The highest BCUT2D eigenvalue weighted by Crippen LogP contribution is 2.35. The molecule has 1 fully saturated rings. The third kappa shape index (κ3) is 5.40. The van der Waals surface area contributed by atoms with Gasteiger partial charge in [0.05, 0.1) is 6.04 Å². The fourth-order valence-corrected chi connectivity index (χ4v) is 5.80. The highest BCUT2D eigenvalue weighted by molar-refractivity contribution is 7.10. The molecule has 178 valence electrons. The predicted octanol–water partition coefficient (Wildman–Crippen LogP) is 5.21. The lowest BCUT2D eigenvalue weighted by molar-refractivity contribution is -0.149. The molecule has 2 amide bonds. The number of benzene rings is 1. The molecular weight excluding hydrogens is 439 g/mol. The number of carbonyl (C=O) groups excluding carboxylic acids is 2. The first-order valence-corrected chi connectivity index (χ1v) is 12.7. The topological polar surface area (TPSA) is 49.9 Å². The third-order valence-electron chi connectivity index (χ3n) is 6.69. The maximum atomic E-state index is 13.6. The van der Waals surface area contributed by atoms with Gasteiger partial charge in [-0.3, -0.25) is 9.59 Å². The fourth-order valence-electron chi connectivity index (χ4n) is 4.87. The second-order valence-corrected chi connectivity index (χ2v) is 11.0. The van der Waals surface area contributed by atoms with Gasteiger partial charge in [0.1, 0.15) is 24.7 Å². The number of rotatable bonds is 6. The lowest BCUT2D eigenvalue weighted by atomic mass is 9.98. The lowest BCUT2D eigenvalue weighted by Crippen LogP contribution is -2.54. The van der Waals surface area contributed by atoms with Gasteiger partial charge in [-0.05, 0) is 69.2 Å². The summed E-state index contributed by atoms with van der Waals surface area (Å²) in [4.78, 5) is 31.7. The Balaban J connectivity index is 1.53. The first kappa shape index (κ1) is 23.7. The molecule has 0 saturated heterocycles. The Bertz CT molecular complexity index is 993. The molecule has 33 heavy (non-hydrogen) atoms. The molecule has 7 heteroatoms. The summed E-state index contributed by atoms with van der Waals surface area (Å²) >= 11 is 1.69. The van der Waals surface area contributed by atoms with Crippen LogP contribution in [0.15, 0.2) is 35.7 Å². The van der Waals surface area contributed by atoms with Crippen LogP contribution in [0.3, 0.4) is 0 Å². The number of hydrogen-bond acceptors (Lipinski definition) is 4. The van der Waals surface area contributed by atoms with Gasteiger partial charge in [-0.15, -0.1) is 11.3 Å². The molecule has 1 aliphatic heterocycles. The van der Waals surface area contributed by atoms with Gasteiger partial charge in [0.25, 0.3) is 0 Å². The highest BCUT2D eigenvalue weighted by Gasteiger charge is 2.38. The summed E-state index contributed by atoms with van der Waals surface area (Å²) in [6.07, 6.45) is 4.77. The molecular formula is C26H33FN2O3S. The predicted molar refractivity (Wildman–Crippen MR) is 128 cm³/mol. The van der Waals surface area contributed by atoms with Gasteiger partial charge in [-0.2, -0.15) is 0 Å². The first-order valence-electron chi connectivity index (χ1n) is 11.8. The molecule has 5 nitrogen and oxygen atoms in total. The fraction of sp³-hybridized carbons (Fsp3) is 0.538. The number of carbonyl (C=O) groups is 2. The Morgan fingerprint density at radius 1 is 1.21 bits per heavy atom. The SMILES string of the molecule is CC(C)(C)N(CC(=O)N1CCc2sccc2[C@@H]1COc1cccc(F)c1)C(=O)C1CCCC1. The molecule has 4 rings (SSSR count). The summed E-state index contributed by atoms with van der Waals surface area (Å²) in [5, 5.41) is 2.04. The molecule has 2 aromatic rings. The van der Waals surface area contributed by atoms with Crippen molar-refractivity contribution in [3.05, 3.63) is 52.0 Å². The van der Waals surface area contributed by atoms with E-state index in [-0.39, 0.29) is 42.7 Å². The molecule has 0 radical (unpaired) electrons. The molecule has 1 atom stereocenters. The molecule has 1 aliphatic carbocycles. The quantitative estimate of drug-likeness (QED) is 0.580. The highest BCUT2D eigenvalue weighted by atomic mass is 32.1. The maximum Gasteiger partial charge on any atom is 0.242 e. The van der Waals surface area contributed by atoms with Crippen LogP contribution in [-0.2, 0) is 16.0 Å². The Hall–Kier alpha value is -2.41. The number of halogens is 1. The van der Waals surface area contributed by atoms with Crippen LogP contribution < -0.4 is 4.74 Å². The number of nitrogens with zero attached hydrogens (tertiary/aromatic N) is 2. The van der Waals surface area contributed by atoms with Crippen molar-refractivity contribution in [3.63, 3.8) is 0 Å². The minimum Gasteiger partial charge on any atom is -0.491 e. The van der Waals surface area contributed by atoms with E-state index in [2.05, 4.69) is 0 Å². The average Bonchev–Trinajstić information content (AvgIpc) is 3.46. The van der Waals surface area contributed by atoms with E-state index in [1.54, 1.807) is 28.4 Å². The monoisotopic (exact) mass is 472 g/mol. The first-order chi connectivity index (χ1) is 15.7. The molecule has 1 aromatic carbocycles. The second-order valence-electron chi connectivity index (χ2n) is 10.00. The zero-order valence-corrected chi connectivity index (χ0v) is 20.5. The Morgan fingerprint density at radius 2 is 1.97 bits per heavy atom. The number of thiophene rings is 1. The Labute approximate surface area is 199 Å². The summed E-state index contributed by atoms with van der Waals surface area (Å²) in [6, 6.07) is 7.84. The summed E-state index contributed by atoms with van der Waals surface area (Å²) in [5.41, 5.74) is 0.645. The van der Waals surface area contributed by atoms with Crippen molar-refractivity contribution in [1.82, 2.24) is 9.80 Å². The summed E-state index contributed by atoms with van der Waals surface area (Å²) in [6.45, 7) is 6.86. The third-order valence-corrected chi connectivity index (χ3v) is 7.69. The van der Waals surface area contributed by atoms with E-state index < -0.39 is 5.54 Å². The summed E-state index contributed by atoms with van der Waals surface area (Å²) in [7, 11) is 0. The minimum absolute atomic E-state index is 0.0222. The summed E-state index contributed by atoms with van der Waals surface area (Å²) < 4.78 is 19.5. The van der Waals surface area contributed by atoms with Crippen molar-refractivity contribution in [2.45, 2.75) is 64.5 Å². The van der Waals surface area contributed by atoms with E-state index >= 15 is 0 Å². The van der Waals surface area contributed by atoms with Gasteiger partial charge in [-0.1, -0.05) is 18.9 Å². The van der Waals surface area contributed by atoms with Crippen LogP contribution >= 0.6 is 11.3 Å². The smallest absolute Gasteiger partial charge is 0.242 e. The van der Waals surface area contributed by atoms with Gasteiger partial charge in [-0.25, -0.2) is 4.39 Å².